The van der Waals surface area contributed by atoms with Crippen molar-refractivity contribution in [1.82, 2.24) is 10.6 Å². The van der Waals surface area contributed by atoms with E-state index in [1.54, 1.807) is 0 Å². The van der Waals surface area contributed by atoms with Gasteiger partial charge in [-0.3, -0.25) is 9.59 Å². The number of amides is 2. The monoisotopic (exact) mass is 568 g/mol. The summed E-state index contributed by atoms with van der Waals surface area (Å²) in [5, 5.41) is 6.34. The molecule has 0 aliphatic carbocycles. The van der Waals surface area contributed by atoms with Gasteiger partial charge in [-0.05, 0) is 53.8 Å². The summed E-state index contributed by atoms with van der Waals surface area (Å²) in [5.41, 5.74) is 4.19. The lowest BCUT2D eigenvalue weighted by molar-refractivity contribution is -0.125. The summed E-state index contributed by atoms with van der Waals surface area (Å²) in [7, 11) is 0. The number of benzene rings is 5. The second-order valence-corrected chi connectivity index (χ2v) is 10.7. The van der Waals surface area contributed by atoms with Crippen LogP contribution in [0.4, 0.5) is 0 Å². The number of nitrogens with one attached hydrogen (secondary N) is 2. The van der Waals surface area contributed by atoms with Gasteiger partial charge in [-0.2, -0.15) is 0 Å². The van der Waals surface area contributed by atoms with Gasteiger partial charge in [0, 0.05) is 0 Å². The summed E-state index contributed by atoms with van der Waals surface area (Å²) in [5.74, 6) is -0.857. The van der Waals surface area contributed by atoms with E-state index in [2.05, 4.69) is 10.6 Å². The van der Waals surface area contributed by atoms with Crippen molar-refractivity contribution < 1.29 is 14.3 Å². The smallest absolute Gasteiger partial charge is 0.233 e. The minimum Gasteiger partial charge on any atom is -0.491 e. The first-order chi connectivity index (χ1) is 21.0. The Morgan fingerprint density at radius 1 is 0.465 bits per heavy atom. The Balaban J connectivity index is 1.50. The van der Waals surface area contributed by atoms with E-state index in [9.17, 15) is 9.59 Å². The van der Waals surface area contributed by atoms with E-state index in [1.165, 1.54) is 0 Å². The van der Waals surface area contributed by atoms with Crippen LogP contribution in [0.2, 0.25) is 0 Å². The molecule has 0 bridgehead atoms. The van der Waals surface area contributed by atoms with Crippen molar-refractivity contribution in [3.63, 3.8) is 0 Å². The van der Waals surface area contributed by atoms with Gasteiger partial charge in [0.2, 0.25) is 11.8 Å². The molecule has 5 rings (SSSR count). The number of ether oxygens (including phenoxy) is 1. The number of rotatable bonds is 11. The first-order valence-corrected chi connectivity index (χ1v) is 14.6. The quantitative estimate of drug-likeness (QED) is 0.164. The lowest BCUT2D eigenvalue weighted by Crippen LogP contribution is -2.44. The third-order valence-corrected chi connectivity index (χ3v) is 7.21. The molecule has 216 valence electrons. The Hall–Kier alpha value is -5.16. The van der Waals surface area contributed by atoms with Gasteiger partial charge in [-0.1, -0.05) is 133 Å². The predicted molar refractivity (Wildman–Crippen MR) is 171 cm³/mol. The van der Waals surface area contributed by atoms with Crippen LogP contribution >= 0.6 is 0 Å². The van der Waals surface area contributed by atoms with Crippen LogP contribution in [0.1, 0.15) is 59.7 Å². The fourth-order valence-electron chi connectivity index (χ4n) is 5.24. The second kappa shape index (κ2) is 14.1. The fraction of sp³-hybridized carbons (Fsp3) is 0.158. The average Bonchev–Trinajstić information content (AvgIpc) is 3.03. The highest BCUT2D eigenvalue weighted by Crippen LogP contribution is 2.29. The largest absolute Gasteiger partial charge is 0.491 e. The summed E-state index contributed by atoms with van der Waals surface area (Å²) in [4.78, 5) is 28.3. The standard InChI is InChI=1S/C38H36N2O3/c1-27(2)43-33-25-23-32(24-26-33)36(39-37(41)34(28-15-7-3-8-16-28)29-17-9-4-10-18-29)40-38(42)35(30-19-11-5-12-20-30)31-21-13-6-14-22-31/h3-27,34-36H,1-2H3,(H,39,41)(H,40,42). The maximum atomic E-state index is 14.1. The molecule has 5 aromatic carbocycles. The number of carbonyl (C=O) groups is 2. The Morgan fingerprint density at radius 3 is 1.09 bits per heavy atom. The summed E-state index contributed by atoms with van der Waals surface area (Å²) in [6.07, 6.45) is -0.769. The van der Waals surface area contributed by atoms with Gasteiger partial charge in [0.1, 0.15) is 11.9 Å². The molecule has 0 unspecified atom stereocenters. The van der Waals surface area contributed by atoms with Crippen LogP contribution in [-0.2, 0) is 9.59 Å². The maximum Gasteiger partial charge on any atom is 0.233 e. The SMILES string of the molecule is CC(C)Oc1ccc(C(NC(=O)C(c2ccccc2)c2ccccc2)NC(=O)C(c2ccccc2)c2ccccc2)cc1. The van der Waals surface area contributed by atoms with Gasteiger partial charge >= 0.3 is 0 Å². The molecule has 0 saturated heterocycles. The zero-order valence-electron chi connectivity index (χ0n) is 24.4. The first-order valence-electron chi connectivity index (χ1n) is 14.6. The van der Waals surface area contributed by atoms with Crippen molar-refractivity contribution in [2.75, 3.05) is 0 Å². The van der Waals surface area contributed by atoms with Crippen LogP contribution in [0.5, 0.6) is 5.75 Å². The van der Waals surface area contributed by atoms with E-state index in [4.69, 9.17) is 4.74 Å². The second-order valence-electron chi connectivity index (χ2n) is 10.7. The number of hydrogen-bond donors (Lipinski definition) is 2. The van der Waals surface area contributed by atoms with Crippen LogP contribution in [0, 0.1) is 0 Å². The summed E-state index contributed by atoms with van der Waals surface area (Å²) in [6, 6.07) is 46.2. The molecule has 5 aromatic rings. The lowest BCUT2D eigenvalue weighted by atomic mass is 9.89. The Labute approximate surface area is 253 Å². The molecule has 0 aliphatic rings. The zero-order valence-corrected chi connectivity index (χ0v) is 24.4. The Bertz CT molecular complexity index is 1410. The van der Waals surface area contributed by atoms with Crippen LogP contribution in [0.3, 0.4) is 0 Å². The van der Waals surface area contributed by atoms with E-state index in [-0.39, 0.29) is 17.9 Å². The van der Waals surface area contributed by atoms with Crippen molar-refractivity contribution in [3.8, 4) is 5.75 Å². The molecule has 0 fully saturated rings. The van der Waals surface area contributed by atoms with E-state index in [0.29, 0.717) is 5.75 Å². The van der Waals surface area contributed by atoms with Gasteiger partial charge in [-0.25, -0.2) is 0 Å². The van der Waals surface area contributed by atoms with Crippen LogP contribution < -0.4 is 15.4 Å². The molecule has 0 atom stereocenters. The zero-order chi connectivity index (χ0) is 30.0. The Morgan fingerprint density at radius 2 is 0.791 bits per heavy atom. The van der Waals surface area contributed by atoms with E-state index >= 15 is 0 Å². The summed E-state index contributed by atoms with van der Waals surface area (Å²) in [6.45, 7) is 3.94. The van der Waals surface area contributed by atoms with Crippen LogP contribution in [0.15, 0.2) is 146 Å². The van der Waals surface area contributed by atoms with Gasteiger partial charge < -0.3 is 15.4 Å². The molecule has 0 radical (unpaired) electrons. The van der Waals surface area contributed by atoms with Crippen LogP contribution in [0.25, 0.3) is 0 Å². The van der Waals surface area contributed by atoms with Crippen molar-refractivity contribution in [1.29, 1.82) is 0 Å². The maximum absolute atomic E-state index is 14.1. The van der Waals surface area contributed by atoms with Gasteiger partial charge in [0.15, 0.2) is 0 Å². The lowest BCUT2D eigenvalue weighted by Gasteiger charge is -2.27. The van der Waals surface area contributed by atoms with Crippen molar-refractivity contribution >= 4 is 11.8 Å². The molecule has 0 aromatic heterocycles. The van der Waals surface area contributed by atoms with E-state index < -0.39 is 18.0 Å². The summed E-state index contributed by atoms with van der Waals surface area (Å²) < 4.78 is 5.84. The van der Waals surface area contributed by atoms with Gasteiger partial charge in [-0.15, -0.1) is 0 Å². The van der Waals surface area contributed by atoms with E-state index in [1.807, 2.05) is 159 Å². The number of hydrogen-bond acceptors (Lipinski definition) is 3. The summed E-state index contributed by atoms with van der Waals surface area (Å²) >= 11 is 0. The minimum absolute atomic E-state index is 0.0241. The highest BCUT2D eigenvalue weighted by Gasteiger charge is 2.29. The molecule has 0 aliphatic heterocycles. The molecular weight excluding hydrogens is 532 g/mol. The molecule has 2 N–H and O–H groups in total. The minimum atomic E-state index is -0.794. The molecule has 2 amide bonds. The highest BCUT2D eigenvalue weighted by molar-refractivity contribution is 5.90. The molecule has 0 heterocycles. The molecule has 5 nitrogen and oxygen atoms in total. The molecule has 0 saturated carbocycles. The highest BCUT2D eigenvalue weighted by atomic mass is 16.5. The number of carbonyl (C=O) groups excluding carboxylic acids is 2. The predicted octanol–water partition coefficient (Wildman–Crippen LogP) is 7.37. The van der Waals surface area contributed by atoms with Crippen molar-refractivity contribution in [3.05, 3.63) is 173 Å². The van der Waals surface area contributed by atoms with Crippen molar-refractivity contribution in [2.24, 2.45) is 0 Å². The van der Waals surface area contributed by atoms with Gasteiger partial charge in [0.25, 0.3) is 0 Å². The third-order valence-electron chi connectivity index (χ3n) is 7.21. The molecular formula is C38H36N2O3. The fourth-order valence-corrected chi connectivity index (χ4v) is 5.24. The third kappa shape index (κ3) is 7.57. The molecule has 43 heavy (non-hydrogen) atoms. The Kier molecular flexibility index (Phi) is 9.65. The topological polar surface area (TPSA) is 67.4 Å². The first kappa shape index (κ1) is 29.3. The normalized spacial score (nSPS) is 11.1. The van der Waals surface area contributed by atoms with Crippen molar-refractivity contribution in [2.45, 2.75) is 38.0 Å². The molecule has 0 spiro atoms. The van der Waals surface area contributed by atoms with Gasteiger partial charge in [0.05, 0.1) is 17.9 Å². The van der Waals surface area contributed by atoms with Crippen LogP contribution in [-0.4, -0.2) is 17.9 Å². The molecule has 5 heteroatoms. The van der Waals surface area contributed by atoms with E-state index in [0.717, 1.165) is 27.8 Å². The average molecular weight is 569 g/mol.